The minimum absolute atomic E-state index is 0.0395. The number of nitrogens with zero attached hydrogens (tertiary/aromatic N) is 2. The van der Waals surface area contributed by atoms with E-state index in [0.29, 0.717) is 23.3 Å². The van der Waals surface area contributed by atoms with E-state index in [1.807, 2.05) is 30.3 Å². The summed E-state index contributed by atoms with van der Waals surface area (Å²) in [7, 11) is 0. The Morgan fingerprint density at radius 3 is 2.50 bits per heavy atom. The molecule has 0 amide bonds. The molecule has 5 heteroatoms. The summed E-state index contributed by atoms with van der Waals surface area (Å²) in [5, 5.41) is 9.44. The van der Waals surface area contributed by atoms with Crippen molar-refractivity contribution in [1.29, 1.82) is 0 Å². The van der Waals surface area contributed by atoms with E-state index in [9.17, 15) is 14.7 Å². The number of fused-ring (bicyclic) bond motifs is 1. The van der Waals surface area contributed by atoms with Crippen molar-refractivity contribution in [2.75, 3.05) is 0 Å². The number of Topliss-reactive ketones (excluding diaryl/α,β-unsaturated/α-hetero) is 1. The molecule has 0 saturated carbocycles. The third-order valence-corrected chi connectivity index (χ3v) is 4.12. The van der Waals surface area contributed by atoms with Crippen molar-refractivity contribution >= 4 is 22.8 Å². The maximum atomic E-state index is 11.6. The van der Waals surface area contributed by atoms with E-state index in [1.54, 1.807) is 29.7 Å². The molecule has 24 heavy (non-hydrogen) atoms. The van der Waals surface area contributed by atoms with Gasteiger partial charge in [0.1, 0.15) is 11.9 Å². The van der Waals surface area contributed by atoms with E-state index in [-0.39, 0.29) is 5.78 Å². The first-order chi connectivity index (χ1) is 11.5. The molecule has 0 bridgehead atoms. The molecular weight excluding hydrogens is 304 g/mol. The monoisotopic (exact) mass is 322 g/mol. The lowest BCUT2D eigenvalue weighted by Crippen LogP contribution is -2.18. The predicted molar refractivity (Wildman–Crippen MR) is 91.3 cm³/mol. The number of ketones is 1. The highest BCUT2D eigenvalue weighted by Crippen LogP contribution is 2.24. The Kier molecular flexibility index (Phi) is 4.16. The van der Waals surface area contributed by atoms with E-state index < -0.39 is 12.0 Å². The summed E-state index contributed by atoms with van der Waals surface area (Å²) in [6, 6.07) is 14.2. The molecule has 1 N–H and O–H groups in total. The number of carbonyl (C=O) groups is 2. The van der Waals surface area contributed by atoms with Crippen molar-refractivity contribution in [3.05, 3.63) is 65.5 Å². The fourth-order valence-electron chi connectivity index (χ4n) is 2.81. The number of carboxylic acid groups (broad SMARTS) is 1. The minimum Gasteiger partial charge on any atom is -0.480 e. The summed E-state index contributed by atoms with van der Waals surface area (Å²) in [5.41, 5.74) is 2.99. The number of hydrogen-bond donors (Lipinski definition) is 1. The van der Waals surface area contributed by atoms with Gasteiger partial charge >= 0.3 is 5.97 Å². The first-order valence-corrected chi connectivity index (χ1v) is 7.76. The van der Waals surface area contributed by atoms with Gasteiger partial charge in [-0.15, -0.1) is 0 Å². The van der Waals surface area contributed by atoms with E-state index in [1.165, 1.54) is 6.92 Å². The number of aromatic nitrogens is 2. The fraction of sp³-hybridized carbons (Fsp3) is 0.211. The zero-order valence-corrected chi connectivity index (χ0v) is 13.6. The van der Waals surface area contributed by atoms with Crippen LogP contribution in [0.2, 0.25) is 0 Å². The normalized spacial score (nSPS) is 12.2. The zero-order chi connectivity index (χ0) is 17.3. The fourth-order valence-corrected chi connectivity index (χ4v) is 2.81. The second-order valence-corrected chi connectivity index (χ2v) is 5.83. The van der Waals surface area contributed by atoms with E-state index >= 15 is 0 Å². The lowest BCUT2D eigenvalue weighted by Gasteiger charge is -2.13. The third-order valence-electron chi connectivity index (χ3n) is 4.12. The summed E-state index contributed by atoms with van der Waals surface area (Å²) in [5.74, 6) is -0.284. The molecule has 0 fully saturated rings. The van der Waals surface area contributed by atoms with Gasteiger partial charge in [-0.1, -0.05) is 30.3 Å². The SMILES string of the molecule is CC(=O)c1ccc2c(c1)nc(Cc1ccccc1)n2C(C)C(=O)O. The molecule has 1 atom stereocenters. The van der Waals surface area contributed by atoms with Crippen molar-refractivity contribution < 1.29 is 14.7 Å². The Labute approximate surface area is 139 Å². The highest BCUT2D eigenvalue weighted by molar-refractivity contribution is 5.97. The molecule has 0 aliphatic rings. The molecule has 1 heterocycles. The molecule has 5 nitrogen and oxygen atoms in total. The molecule has 1 aromatic heterocycles. The standard InChI is InChI=1S/C19H18N2O3/c1-12(19(23)24)21-17-9-8-15(13(2)22)11-16(17)20-18(21)10-14-6-4-3-5-7-14/h3-9,11-12H,10H2,1-2H3,(H,23,24). The van der Waals surface area contributed by atoms with Crippen molar-refractivity contribution in [2.24, 2.45) is 0 Å². The highest BCUT2D eigenvalue weighted by Gasteiger charge is 2.21. The maximum absolute atomic E-state index is 11.6. The average Bonchev–Trinajstić information content (AvgIpc) is 2.91. The molecular formula is C19H18N2O3. The lowest BCUT2D eigenvalue weighted by atomic mass is 10.1. The lowest BCUT2D eigenvalue weighted by molar-refractivity contribution is -0.140. The van der Waals surface area contributed by atoms with E-state index in [2.05, 4.69) is 4.98 Å². The van der Waals surface area contributed by atoms with Gasteiger partial charge in [0.2, 0.25) is 0 Å². The zero-order valence-electron chi connectivity index (χ0n) is 13.6. The number of carbonyl (C=O) groups excluding carboxylic acids is 1. The van der Waals surface area contributed by atoms with E-state index in [4.69, 9.17) is 0 Å². The molecule has 0 radical (unpaired) electrons. The molecule has 0 aliphatic heterocycles. The highest BCUT2D eigenvalue weighted by atomic mass is 16.4. The number of aliphatic carboxylic acids is 1. The van der Waals surface area contributed by atoms with Crippen molar-refractivity contribution in [3.8, 4) is 0 Å². The van der Waals surface area contributed by atoms with Gasteiger partial charge in [0.05, 0.1) is 11.0 Å². The van der Waals surface area contributed by atoms with Crippen LogP contribution in [0.25, 0.3) is 11.0 Å². The van der Waals surface area contributed by atoms with Crippen LogP contribution in [0.15, 0.2) is 48.5 Å². The summed E-state index contributed by atoms with van der Waals surface area (Å²) < 4.78 is 1.73. The van der Waals surface area contributed by atoms with Gasteiger partial charge in [-0.2, -0.15) is 0 Å². The topological polar surface area (TPSA) is 72.2 Å². The maximum Gasteiger partial charge on any atom is 0.326 e. The van der Waals surface area contributed by atoms with Gasteiger partial charge in [-0.3, -0.25) is 4.79 Å². The third kappa shape index (κ3) is 2.93. The summed E-state index contributed by atoms with van der Waals surface area (Å²) in [6.07, 6.45) is 0.530. The molecule has 0 spiro atoms. The van der Waals surface area contributed by atoms with Crippen LogP contribution in [0.4, 0.5) is 0 Å². The number of imidazole rings is 1. The Morgan fingerprint density at radius 1 is 1.17 bits per heavy atom. The van der Waals surface area contributed by atoms with Crippen LogP contribution in [-0.4, -0.2) is 26.4 Å². The van der Waals surface area contributed by atoms with Crippen LogP contribution in [-0.2, 0) is 11.2 Å². The van der Waals surface area contributed by atoms with Gasteiger partial charge < -0.3 is 9.67 Å². The molecule has 3 aromatic rings. The predicted octanol–water partition coefficient (Wildman–Crippen LogP) is 3.48. The number of benzene rings is 2. The van der Waals surface area contributed by atoms with Gasteiger partial charge in [-0.25, -0.2) is 9.78 Å². The van der Waals surface area contributed by atoms with Crippen LogP contribution >= 0.6 is 0 Å². The van der Waals surface area contributed by atoms with Gasteiger partial charge in [0.25, 0.3) is 0 Å². The van der Waals surface area contributed by atoms with Gasteiger partial charge in [0.15, 0.2) is 5.78 Å². The molecule has 122 valence electrons. The Hall–Kier alpha value is -2.95. The number of hydrogen-bond acceptors (Lipinski definition) is 3. The van der Waals surface area contributed by atoms with Crippen LogP contribution in [0.3, 0.4) is 0 Å². The average molecular weight is 322 g/mol. The smallest absolute Gasteiger partial charge is 0.326 e. The second kappa shape index (κ2) is 6.28. The first-order valence-electron chi connectivity index (χ1n) is 7.76. The molecule has 1 unspecified atom stereocenters. The molecule has 3 rings (SSSR count). The van der Waals surface area contributed by atoms with Gasteiger partial charge in [0, 0.05) is 12.0 Å². The largest absolute Gasteiger partial charge is 0.480 e. The molecule has 2 aromatic carbocycles. The first kappa shape index (κ1) is 15.9. The summed E-state index contributed by atoms with van der Waals surface area (Å²) >= 11 is 0. The number of rotatable bonds is 5. The summed E-state index contributed by atoms with van der Waals surface area (Å²) in [4.78, 5) is 27.7. The van der Waals surface area contributed by atoms with Crippen LogP contribution < -0.4 is 0 Å². The molecule has 0 saturated heterocycles. The minimum atomic E-state index is -0.917. The quantitative estimate of drug-likeness (QED) is 0.730. The Balaban J connectivity index is 2.16. The number of carboxylic acids is 1. The molecule has 0 aliphatic carbocycles. The summed E-state index contributed by atoms with van der Waals surface area (Å²) in [6.45, 7) is 3.14. The second-order valence-electron chi connectivity index (χ2n) is 5.83. The van der Waals surface area contributed by atoms with Crippen LogP contribution in [0.1, 0.15) is 41.6 Å². The van der Waals surface area contributed by atoms with Crippen molar-refractivity contribution in [1.82, 2.24) is 9.55 Å². The van der Waals surface area contributed by atoms with Crippen molar-refractivity contribution in [2.45, 2.75) is 26.3 Å². The Bertz CT molecular complexity index is 913. The van der Waals surface area contributed by atoms with E-state index in [0.717, 1.165) is 11.1 Å². The van der Waals surface area contributed by atoms with Crippen LogP contribution in [0.5, 0.6) is 0 Å². The van der Waals surface area contributed by atoms with Crippen LogP contribution in [0, 0.1) is 0 Å². The van der Waals surface area contributed by atoms with Crippen molar-refractivity contribution in [3.63, 3.8) is 0 Å². The Morgan fingerprint density at radius 2 is 1.88 bits per heavy atom. The van der Waals surface area contributed by atoms with Gasteiger partial charge in [-0.05, 0) is 37.6 Å².